The molecule has 0 bridgehead atoms. The normalized spacial score (nSPS) is 14.7. The molecule has 0 radical (unpaired) electrons. The lowest BCUT2D eigenvalue weighted by atomic mass is 9.93. The van der Waals surface area contributed by atoms with E-state index in [4.69, 9.17) is 4.42 Å². The van der Waals surface area contributed by atoms with Gasteiger partial charge in [-0.1, -0.05) is 170 Å². The van der Waals surface area contributed by atoms with Crippen molar-refractivity contribution >= 4 is 55.3 Å². The van der Waals surface area contributed by atoms with Crippen LogP contribution in [0.25, 0.3) is 38.3 Å². The first-order chi connectivity index (χ1) is 29.0. The second kappa shape index (κ2) is 24.5. The molecular formula is C55H65N3O. The zero-order chi connectivity index (χ0) is 42.4. The molecule has 2 N–H and O–H groups in total. The van der Waals surface area contributed by atoms with E-state index in [2.05, 4.69) is 146 Å². The Morgan fingerprint density at radius 3 is 2.14 bits per heavy atom. The number of para-hydroxylation sites is 2. The summed E-state index contributed by atoms with van der Waals surface area (Å²) in [6, 6.07) is 37.4. The van der Waals surface area contributed by atoms with Gasteiger partial charge in [0.05, 0.1) is 5.70 Å². The molecule has 4 nitrogen and oxygen atoms in total. The van der Waals surface area contributed by atoms with Crippen molar-refractivity contribution in [2.45, 2.75) is 74.1 Å². The Bertz CT molecular complexity index is 2420. The minimum atomic E-state index is 0.921. The highest BCUT2D eigenvalue weighted by Gasteiger charge is 2.16. The van der Waals surface area contributed by atoms with Crippen LogP contribution in [0.2, 0.25) is 0 Å². The Hall–Kier alpha value is -6.26. The molecule has 0 amide bonds. The Labute approximate surface area is 354 Å². The third-order valence-electron chi connectivity index (χ3n) is 9.44. The van der Waals surface area contributed by atoms with Crippen molar-refractivity contribution in [1.82, 2.24) is 5.32 Å². The fourth-order valence-electron chi connectivity index (χ4n) is 6.66. The van der Waals surface area contributed by atoms with Gasteiger partial charge in [0, 0.05) is 53.2 Å². The van der Waals surface area contributed by atoms with Gasteiger partial charge in [-0.05, 0) is 96.1 Å². The highest BCUT2D eigenvalue weighted by molar-refractivity contribution is 6.06. The molecular weight excluding hydrogens is 719 g/mol. The maximum Gasteiger partial charge on any atom is 0.135 e. The van der Waals surface area contributed by atoms with Crippen LogP contribution < -0.4 is 15.5 Å². The summed E-state index contributed by atoms with van der Waals surface area (Å²) < 4.78 is 5.83. The van der Waals surface area contributed by atoms with E-state index < -0.39 is 0 Å². The van der Waals surface area contributed by atoms with Crippen LogP contribution in [0.5, 0.6) is 0 Å². The Balaban J connectivity index is 0.000000193. The van der Waals surface area contributed by atoms with Crippen molar-refractivity contribution in [3.8, 4) is 0 Å². The van der Waals surface area contributed by atoms with E-state index in [9.17, 15) is 0 Å². The van der Waals surface area contributed by atoms with E-state index >= 15 is 0 Å². The van der Waals surface area contributed by atoms with Gasteiger partial charge in [-0.2, -0.15) is 0 Å². The number of anilines is 3. The van der Waals surface area contributed by atoms with Crippen LogP contribution in [0.4, 0.5) is 17.1 Å². The first kappa shape index (κ1) is 45.4. The number of fused-ring (bicyclic) bond motifs is 6. The van der Waals surface area contributed by atoms with Crippen LogP contribution in [-0.2, 0) is 0 Å². The predicted octanol–water partition coefficient (Wildman–Crippen LogP) is 16.3. The molecule has 3 aliphatic rings. The van der Waals surface area contributed by atoms with Gasteiger partial charge in [0.15, 0.2) is 0 Å². The summed E-state index contributed by atoms with van der Waals surface area (Å²) in [5, 5.41) is 11.3. The summed E-state index contributed by atoms with van der Waals surface area (Å²) in [7, 11) is 2.17. The smallest absolute Gasteiger partial charge is 0.135 e. The zero-order valence-electron chi connectivity index (χ0n) is 36.7. The Morgan fingerprint density at radius 2 is 1.44 bits per heavy atom. The second-order valence-corrected chi connectivity index (χ2v) is 13.9. The minimum absolute atomic E-state index is 0.921. The molecule has 2 aliphatic heterocycles. The summed E-state index contributed by atoms with van der Waals surface area (Å²) in [4.78, 5) is 2.34. The minimum Gasteiger partial charge on any atom is -0.456 e. The summed E-state index contributed by atoms with van der Waals surface area (Å²) in [5.74, 6) is 0. The molecule has 1 aromatic heterocycles. The van der Waals surface area contributed by atoms with Gasteiger partial charge < -0.3 is 20.0 Å². The summed E-state index contributed by atoms with van der Waals surface area (Å²) in [6.07, 6.45) is 23.9. The number of allylic oxidation sites excluding steroid dienone is 10. The fraction of sp³-hybridized carbons (Fsp3) is 0.236. The van der Waals surface area contributed by atoms with Gasteiger partial charge in [0.2, 0.25) is 0 Å². The average Bonchev–Trinajstić information content (AvgIpc) is 4.08. The number of furan rings is 1. The molecule has 0 saturated carbocycles. The van der Waals surface area contributed by atoms with Gasteiger partial charge in [-0.25, -0.2) is 0 Å². The van der Waals surface area contributed by atoms with Crippen molar-refractivity contribution in [2.75, 3.05) is 23.8 Å². The Kier molecular flexibility index (Phi) is 18.9. The Morgan fingerprint density at radius 1 is 0.763 bits per heavy atom. The standard InChI is InChI=1S/C22H23N.C18H13NO.C8H9N.C3H8.2C2H6/c1-4-5-6-9-18-14-15-23(3)21-13-12-19-10-7-8-11-20(19)22(21)17(2)16-18;1-2-6-13(7-3-1)19-14-10-11-18-16(12-14)15-8-4-5-9-17(15)20-18;1-2-4-7(5-3-1)8-6-9-8;1-3-2;2*1-2/h4-13,16H,2,14-15H2,1,3H3;1-12,19H;1-2,4,6,9H,3,5H2;3H2,1-2H3;2*1-2H3/b5-4-,9-6-,18-16-;;;;;. The molecule has 0 atom stereocenters. The number of nitrogens with zero attached hydrogens (tertiary/aromatic N) is 1. The summed E-state index contributed by atoms with van der Waals surface area (Å²) in [5.41, 5.74) is 11.7. The fourth-order valence-corrected chi connectivity index (χ4v) is 6.66. The van der Waals surface area contributed by atoms with Crippen LogP contribution >= 0.6 is 0 Å². The monoisotopic (exact) mass is 784 g/mol. The predicted molar refractivity (Wildman–Crippen MR) is 263 cm³/mol. The number of rotatable bonds is 5. The van der Waals surface area contributed by atoms with Crippen LogP contribution in [-0.4, -0.2) is 13.6 Å². The van der Waals surface area contributed by atoms with Gasteiger partial charge in [-0.3, -0.25) is 0 Å². The number of hydrogen-bond donors (Lipinski definition) is 2. The molecule has 1 aliphatic carbocycles. The first-order valence-electron chi connectivity index (χ1n) is 21.5. The molecule has 0 fully saturated rings. The lowest BCUT2D eigenvalue weighted by Crippen LogP contribution is -2.21. The van der Waals surface area contributed by atoms with Crippen LogP contribution in [0.1, 0.15) is 79.7 Å². The van der Waals surface area contributed by atoms with E-state index in [0.29, 0.717) is 0 Å². The summed E-state index contributed by atoms with van der Waals surface area (Å²) in [6.45, 7) is 19.7. The van der Waals surface area contributed by atoms with Gasteiger partial charge >= 0.3 is 0 Å². The van der Waals surface area contributed by atoms with Gasteiger partial charge in [0.25, 0.3) is 0 Å². The van der Waals surface area contributed by atoms with Crippen molar-refractivity contribution in [3.05, 3.63) is 193 Å². The summed E-state index contributed by atoms with van der Waals surface area (Å²) >= 11 is 0. The molecule has 4 heteroatoms. The second-order valence-electron chi connectivity index (χ2n) is 13.9. The average molecular weight is 784 g/mol. The quantitative estimate of drug-likeness (QED) is 0.171. The first-order valence-corrected chi connectivity index (χ1v) is 21.5. The van der Waals surface area contributed by atoms with Crippen LogP contribution in [0.15, 0.2) is 192 Å². The molecule has 3 heterocycles. The van der Waals surface area contributed by atoms with Gasteiger partial charge in [0.1, 0.15) is 11.2 Å². The topological polar surface area (TPSA) is 50.4 Å². The zero-order valence-corrected chi connectivity index (χ0v) is 36.7. The van der Waals surface area contributed by atoms with Crippen LogP contribution in [0.3, 0.4) is 0 Å². The van der Waals surface area contributed by atoms with E-state index in [1.54, 1.807) is 0 Å². The van der Waals surface area contributed by atoms with E-state index in [1.165, 1.54) is 58.1 Å². The molecule has 0 spiro atoms. The lowest BCUT2D eigenvalue weighted by molar-refractivity contribution is 0.669. The van der Waals surface area contributed by atoms with Crippen molar-refractivity contribution in [2.24, 2.45) is 0 Å². The number of benzene rings is 5. The van der Waals surface area contributed by atoms with E-state index in [1.807, 2.05) is 95.4 Å². The maximum atomic E-state index is 5.83. The highest BCUT2D eigenvalue weighted by Crippen LogP contribution is 2.36. The van der Waals surface area contributed by atoms with Crippen molar-refractivity contribution in [3.63, 3.8) is 0 Å². The largest absolute Gasteiger partial charge is 0.456 e. The number of nitrogens with one attached hydrogen (secondary N) is 2. The molecule has 6 aromatic rings. The molecule has 59 heavy (non-hydrogen) atoms. The molecule has 306 valence electrons. The number of hydrogen-bond acceptors (Lipinski definition) is 4. The van der Waals surface area contributed by atoms with Crippen molar-refractivity contribution in [1.29, 1.82) is 0 Å². The third-order valence-corrected chi connectivity index (χ3v) is 9.44. The third kappa shape index (κ3) is 13.1. The molecule has 5 aromatic carbocycles. The van der Waals surface area contributed by atoms with Crippen molar-refractivity contribution < 1.29 is 4.42 Å². The van der Waals surface area contributed by atoms with Crippen LogP contribution in [0, 0.1) is 0 Å². The molecule has 0 unspecified atom stereocenters. The van der Waals surface area contributed by atoms with E-state index in [-0.39, 0.29) is 0 Å². The maximum absolute atomic E-state index is 5.83. The SMILES string of the molecule is C1=CCCC(C2=CN2)=C1.C=C1/C=C(/C=C\C=C/C)CCN(C)c2ccc3ccccc3c21.CC.CC.CCC.c1ccc(Nc2ccc3oc4ccccc4c3c2)cc1. The van der Waals surface area contributed by atoms with E-state index in [0.717, 1.165) is 51.9 Å². The van der Waals surface area contributed by atoms with Gasteiger partial charge in [-0.15, -0.1) is 0 Å². The highest BCUT2D eigenvalue weighted by atomic mass is 16.3. The lowest BCUT2D eigenvalue weighted by Gasteiger charge is -2.26. The molecule has 0 saturated heterocycles. The molecule has 9 rings (SSSR count).